The molecule has 0 spiro atoms. The second-order valence-corrected chi connectivity index (χ2v) is 6.29. The summed E-state index contributed by atoms with van der Waals surface area (Å²) in [5, 5.41) is 12.4. The molecule has 3 N–H and O–H groups in total. The molecule has 6 nitrogen and oxygen atoms in total. The first-order valence-corrected chi connectivity index (χ1v) is 8.81. The van der Waals surface area contributed by atoms with Crippen molar-refractivity contribution in [2.45, 2.75) is 6.92 Å². The number of carbonyl (C=O) groups is 1. The third-order valence-electron chi connectivity index (χ3n) is 3.77. The van der Waals surface area contributed by atoms with Gasteiger partial charge in [0.15, 0.2) is 11.5 Å². The van der Waals surface area contributed by atoms with E-state index >= 15 is 0 Å². The Morgan fingerprint density at radius 3 is 2.65 bits per heavy atom. The van der Waals surface area contributed by atoms with E-state index in [2.05, 4.69) is 4.98 Å². The lowest BCUT2D eigenvalue weighted by molar-refractivity contribution is 0.0998. The van der Waals surface area contributed by atoms with Crippen molar-refractivity contribution in [1.82, 2.24) is 4.98 Å². The van der Waals surface area contributed by atoms with Gasteiger partial charge in [-0.25, -0.2) is 4.98 Å². The largest absolute Gasteiger partial charge is 0.507 e. The van der Waals surface area contributed by atoms with E-state index in [-0.39, 0.29) is 11.3 Å². The van der Waals surface area contributed by atoms with Gasteiger partial charge in [0.1, 0.15) is 10.8 Å². The fourth-order valence-electron chi connectivity index (χ4n) is 2.51. The minimum absolute atomic E-state index is 0.0692. The van der Waals surface area contributed by atoms with Crippen LogP contribution in [0.25, 0.3) is 21.8 Å². The Balaban J connectivity index is 1.96. The Hall–Kier alpha value is -3.06. The first-order chi connectivity index (χ1) is 12.5. The molecule has 0 saturated heterocycles. The fourth-order valence-corrected chi connectivity index (χ4v) is 3.33. The Labute approximate surface area is 154 Å². The summed E-state index contributed by atoms with van der Waals surface area (Å²) in [6.07, 6.45) is 0. The molecule has 1 aromatic heterocycles. The molecule has 26 heavy (non-hydrogen) atoms. The smallest absolute Gasteiger partial charge is 0.252 e. The van der Waals surface area contributed by atoms with Gasteiger partial charge >= 0.3 is 0 Å². The van der Waals surface area contributed by atoms with E-state index in [1.807, 2.05) is 30.5 Å². The van der Waals surface area contributed by atoms with E-state index in [1.54, 1.807) is 13.2 Å². The van der Waals surface area contributed by atoms with Crippen LogP contribution in [0, 0.1) is 0 Å². The monoisotopic (exact) mass is 370 g/mol. The summed E-state index contributed by atoms with van der Waals surface area (Å²) in [7, 11) is 1.59. The lowest BCUT2D eigenvalue weighted by Gasteiger charge is -2.10. The molecule has 0 unspecified atom stereocenters. The van der Waals surface area contributed by atoms with Gasteiger partial charge < -0.3 is 20.3 Å². The highest BCUT2D eigenvalue weighted by Gasteiger charge is 2.13. The number of aromatic nitrogens is 1. The number of amides is 1. The molecule has 0 aliphatic carbocycles. The number of hydrogen-bond acceptors (Lipinski definition) is 6. The lowest BCUT2D eigenvalue weighted by Crippen LogP contribution is -2.11. The van der Waals surface area contributed by atoms with Crippen LogP contribution in [0.1, 0.15) is 17.3 Å². The van der Waals surface area contributed by atoms with Gasteiger partial charge in [-0.15, -0.1) is 11.3 Å². The summed E-state index contributed by atoms with van der Waals surface area (Å²) in [4.78, 5) is 16.0. The molecule has 7 heteroatoms. The lowest BCUT2D eigenvalue weighted by atomic mass is 10.1. The van der Waals surface area contributed by atoms with Gasteiger partial charge in [-0.3, -0.25) is 4.79 Å². The fraction of sp³-hybridized carbons (Fsp3) is 0.158. The van der Waals surface area contributed by atoms with E-state index in [0.717, 1.165) is 10.6 Å². The minimum Gasteiger partial charge on any atom is -0.507 e. The normalized spacial score (nSPS) is 10.5. The van der Waals surface area contributed by atoms with Gasteiger partial charge in [0.25, 0.3) is 5.91 Å². The van der Waals surface area contributed by atoms with Crippen molar-refractivity contribution in [2.24, 2.45) is 5.73 Å². The van der Waals surface area contributed by atoms with Crippen molar-refractivity contribution < 1.29 is 19.4 Å². The van der Waals surface area contributed by atoms with Crippen molar-refractivity contribution in [3.63, 3.8) is 0 Å². The summed E-state index contributed by atoms with van der Waals surface area (Å²) in [5.74, 6) is 0.492. The number of carbonyl (C=O) groups excluding carboxylic acids is 1. The number of thiazole rings is 1. The predicted molar refractivity (Wildman–Crippen MR) is 101 cm³/mol. The van der Waals surface area contributed by atoms with E-state index < -0.39 is 5.91 Å². The molecule has 3 aromatic rings. The number of phenols is 1. The van der Waals surface area contributed by atoms with E-state index in [0.29, 0.717) is 29.4 Å². The van der Waals surface area contributed by atoms with Crippen LogP contribution < -0.4 is 15.2 Å². The van der Waals surface area contributed by atoms with E-state index in [4.69, 9.17) is 15.2 Å². The van der Waals surface area contributed by atoms with Crippen LogP contribution in [-0.2, 0) is 0 Å². The Morgan fingerprint density at radius 1 is 1.19 bits per heavy atom. The molecular weight excluding hydrogens is 352 g/mol. The van der Waals surface area contributed by atoms with E-state index in [1.165, 1.54) is 23.5 Å². The van der Waals surface area contributed by atoms with Crippen molar-refractivity contribution in [1.29, 1.82) is 0 Å². The average Bonchev–Trinajstić information content (AvgIpc) is 3.12. The first-order valence-electron chi connectivity index (χ1n) is 7.93. The number of primary amides is 1. The molecule has 134 valence electrons. The number of ether oxygens (including phenoxy) is 2. The molecule has 0 atom stereocenters. The van der Waals surface area contributed by atoms with Gasteiger partial charge in [-0.1, -0.05) is 0 Å². The highest BCUT2D eigenvalue weighted by Crippen LogP contribution is 2.35. The predicted octanol–water partition coefficient (Wildman–Crippen LogP) is 3.69. The number of aromatic hydroxyl groups is 1. The third-order valence-corrected chi connectivity index (χ3v) is 4.66. The highest BCUT2D eigenvalue weighted by atomic mass is 32.1. The Bertz CT molecular complexity index is 952. The number of methoxy groups -OCH3 is 1. The topological polar surface area (TPSA) is 94.7 Å². The van der Waals surface area contributed by atoms with Crippen molar-refractivity contribution in [3.05, 3.63) is 47.3 Å². The van der Waals surface area contributed by atoms with Gasteiger partial charge in [-0.2, -0.15) is 0 Å². The SMILES string of the molecule is CCOc1ccc(-c2nc(-c3ccc(O)c(C(N)=O)c3)cs2)cc1OC. The zero-order valence-electron chi connectivity index (χ0n) is 14.4. The summed E-state index contributed by atoms with van der Waals surface area (Å²) < 4.78 is 10.9. The maximum Gasteiger partial charge on any atom is 0.252 e. The maximum atomic E-state index is 11.4. The molecule has 0 aliphatic rings. The first kappa shape index (κ1) is 17.8. The minimum atomic E-state index is -0.684. The van der Waals surface area contributed by atoms with Crippen LogP contribution in [0.15, 0.2) is 41.8 Å². The molecule has 0 radical (unpaired) electrons. The third kappa shape index (κ3) is 3.48. The number of nitrogens with two attached hydrogens (primary N) is 1. The number of hydrogen-bond donors (Lipinski definition) is 2. The molecular formula is C19H18N2O4S. The van der Waals surface area contributed by atoms with E-state index in [9.17, 15) is 9.90 Å². The Kier molecular flexibility index (Phi) is 5.09. The summed E-state index contributed by atoms with van der Waals surface area (Å²) in [6.45, 7) is 2.47. The van der Waals surface area contributed by atoms with Crippen LogP contribution in [0.5, 0.6) is 17.2 Å². The van der Waals surface area contributed by atoms with Crippen LogP contribution in [0.3, 0.4) is 0 Å². The summed E-state index contributed by atoms with van der Waals surface area (Å²) in [5.41, 5.74) is 7.65. The molecule has 0 aliphatic heterocycles. The zero-order valence-corrected chi connectivity index (χ0v) is 15.2. The molecule has 1 amide bonds. The molecule has 2 aromatic carbocycles. The molecule has 0 fully saturated rings. The number of benzene rings is 2. The van der Waals surface area contributed by atoms with Crippen molar-refractivity contribution >= 4 is 17.2 Å². The number of rotatable bonds is 6. The molecule has 1 heterocycles. The highest BCUT2D eigenvalue weighted by molar-refractivity contribution is 7.13. The second kappa shape index (κ2) is 7.45. The molecule has 0 bridgehead atoms. The van der Waals surface area contributed by atoms with Gasteiger partial charge in [-0.05, 0) is 43.3 Å². The van der Waals surface area contributed by atoms with Crippen LogP contribution in [0.2, 0.25) is 0 Å². The second-order valence-electron chi connectivity index (χ2n) is 5.43. The van der Waals surface area contributed by atoms with Crippen molar-refractivity contribution in [2.75, 3.05) is 13.7 Å². The Morgan fingerprint density at radius 2 is 1.96 bits per heavy atom. The number of nitrogens with zero attached hydrogens (tertiary/aromatic N) is 1. The van der Waals surface area contributed by atoms with Crippen molar-refractivity contribution in [3.8, 4) is 39.1 Å². The average molecular weight is 370 g/mol. The van der Waals surface area contributed by atoms with Gasteiger partial charge in [0.2, 0.25) is 0 Å². The molecule has 3 rings (SSSR count). The van der Waals surface area contributed by atoms with Crippen LogP contribution in [0.4, 0.5) is 0 Å². The van der Waals surface area contributed by atoms with Gasteiger partial charge in [0.05, 0.1) is 25.0 Å². The van der Waals surface area contributed by atoms with Gasteiger partial charge in [0, 0.05) is 16.5 Å². The zero-order chi connectivity index (χ0) is 18.7. The quantitative estimate of drug-likeness (QED) is 0.690. The summed E-state index contributed by atoms with van der Waals surface area (Å²) in [6, 6.07) is 10.3. The summed E-state index contributed by atoms with van der Waals surface area (Å²) >= 11 is 1.47. The molecule has 0 saturated carbocycles. The maximum absolute atomic E-state index is 11.4. The van der Waals surface area contributed by atoms with Crippen LogP contribution >= 0.6 is 11.3 Å². The standard InChI is InChI=1S/C19H18N2O4S/c1-3-25-16-7-5-12(9-17(16)24-2)19-21-14(10-26-19)11-4-6-15(22)13(8-11)18(20)23/h4-10,22H,3H2,1-2H3,(H2,20,23). The van der Waals surface area contributed by atoms with Crippen LogP contribution in [-0.4, -0.2) is 29.7 Å².